The first-order chi connectivity index (χ1) is 9.52. The third kappa shape index (κ3) is 3.28. The number of carbonyl (C=O) groups excluding carboxylic acids is 2. The van der Waals surface area contributed by atoms with Crippen molar-refractivity contribution in [2.75, 3.05) is 19.8 Å². The molecular formula is C14H23N3O3. The lowest BCUT2D eigenvalue weighted by Gasteiger charge is -2.38. The highest BCUT2D eigenvalue weighted by molar-refractivity contribution is 5.91. The van der Waals surface area contributed by atoms with Crippen molar-refractivity contribution in [3.63, 3.8) is 0 Å². The van der Waals surface area contributed by atoms with E-state index in [2.05, 4.69) is 6.07 Å². The van der Waals surface area contributed by atoms with Crippen LogP contribution in [0.5, 0.6) is 0 Å². The molecule has 1 unspecified atom stereocenters. The van der Waals surface area contributed by atoms with Gasteiger partial charge in [-0.15, -0.1) is 0 Å². The first kappa shape index (κ1) is 16.4. The Morgan fingerprint density at radius 3 is 2.45 bits per heavy atom. The molecule has 6 nitrogen and oxygen atoms in total. The van der Waals surface area contributed by atoms with Gasteiger partial charge in [0.1, 0.15) is 11.5 Å². The van der Waals surface area contributed by atoms with E-state index >= 15 is 0 Å². The minimum absolute atomic E-state index is 0.112. The summed E-state index contributed by atoms with van der Waals surface area (Å²) in [6, 6.07) is 1.42. The van der Waals surface area contributed by atoms with Crippen LogP contribution in [0.2, 0.25) is 0 Å². The summed E-state index contributed by atoms with van der Waals surface area (Å²) in [6.07, 6.45) is 2.48. The number of rotatable bonds is 6. The minimum atomic E-state index is -1.05. The topological polar surface area (TPSA) is 96.4 Å². The van der Waals surface area contributed by atoms with Gasteiger partial charge in [-0.3, -0.25) is 9.59 Å². The Balaban J connectivity index is 3.03. The van der Waals surface area contributed by atoms with Gasteiger partial charge in [-0.1, -0.05) is 26.7 Å². The Morgan fingerprint density at radius 2 is 2.00 bits per heavy atom. The summed E-state index contributed by atoms with van der Waals surface area (Å²) < 4.78 is 5.21. The Labute approximate surface area is 119 Å². The number of nitrogens with zero attached hydrogens (tertiary/aromatic N) is 2. The van der Waals surface area contributed by atoms with Crippen LogP contribution in [0.15, 0.2) is 0 Å². The molecule has 6 heteroatoms. The van der Waals surface area contributed by atoms with E-state index < -0.39 is 17.4 Å². The van der Waals surface area contributed by atoms with Crippen molar-refractivity contribution in [3.8, 4) is 6.07 Å². The molecule has 1 atom stereocenters. The van der Waals surface area contributed by atoms with Crippen LogP contribution in [0.3, 0.4) is 0 Å². The van der Waals surface area contributed by atoms with Crippen LogP contribution in [0.25, 0.3) is 0 Å². The number of amides is 2. The average Bonchev–Trinajstić information content (AvgIpc) is 2.46. The fourth-order valence-corrected chi connectivity index (χ4v) is 2.71. The van der Waals surface area contributed by atoms with E-state index in [0.29, 0.717) is 26.0 Å². The zero-order valence-corrected chi connectivity index (χ0v) is 12.2. The van der Waals surface area contributed by atoms with Crippen LogP contribution < -0.4 is 5.73 Å². The van der Waals surface area contributed by atoms with E-state index in [1.54, 1.807) is 0 Å². The maximum atomic E-state index is 12.8. The molecule has 0 aromatic rings. The first-order valence-electron chi connectivity index (χ1n) is 7.11. The van der Waals surface area contributed by atoms with E-state index in [1.165, 1.54) is 4.90 Å². The summed E-state index contributed by atoms with van der Waals surface area (Å²) >= 11 is 0. The van der Waals surface area contributed by atoms with Crippen LogP contribution in [-0.2, 0) is 14.3 Å². The average molecular weight is 281 g/mol. The van der Waals surface area contributed by atoms with Crippen molar-refractivity contribution in [3.05, 3.63) is 0 Å². The van der Waals surface area contributed by atoms with Gasteiger partial charge in [0.25, 0.3) is 0 Å². The Kier molecular flexibility index (Phi) is 5.96. The van der Waals surface area contributed by atoms with E-state index in [4.69, 9.17) is 10.5 Å². The molecule has 20 heavy (non-hydrogen) atoms. The number of hydrogen-bond donors (Lipinski definition) is 1. The molecule has 0 aromatic heterocycles. The molecule has 0 spiro atoms. The van der Waals surface area contributed by atoms with Gasteiger partial charge in [0, 0.05) is 6.54 Å². The lowest BCUT2D eigenvalue weighted by atomic mass is 9.79. The Hall–Kier alpha value is -1.61. The summed E-state index contributed by atoms with van der Waals surface area (Å²) in [5.41, 5.74) is 4.29. The fourth-order valence-electron chi connectivity index (χ4n) is 2.71. The summed E-state index contributed by atoms with van der Waals surface area (Å²) in [7, 11) is 0. The molecule has 112 valence electrons. The van der Waals surface area contributed by atoms with Gasteiger partial charge in [-0.2, -0.15) is 5.26 Å². The van der Waals surface area contributed by atoms with Crippen LogP contribution in [0.4, 0.5) is 0 Å². The highest BCUT2D eigenvalue weighted by atomic mass is 16.5. The molecule has 1 saturated heterocycles. The summed E-state index contributed by atoms with van der Waals surface area (Å²) in [4.78, 5) is 25.7. The molecule has 0 radical (unpaired) electrons. The van der Waals surface area contributed by atoms with E-state index in [0.717, 1.165) is 12.8 Å². The number of primary amides is 1. The monoisotopic (exact) mass is 281 g/mol. The number of nitriles is 1. The molecule has 1 rings (SSSR count). The van der Waals surface area contributed by atoms with Gasteiger partial charge in [-0.25, -0.2) is 0 Å². The molecule has 0 saturated carbocycles. The normalized spacial score (nSPS) is 19.4. The third-order valence-electron chi connectivity index (χ3n) is 3.69. The van der Waals surface area contributed by atoms with Crippen molar-refractivity contribution in [1.29, 1.82) is 5.26 Å². The second kappa shape index (κ2) is 7.25. The second-order valence-electron chi connectivity index (χ2n) is 5.19. The molecule has 0 aliphatic carbocycles. The second-order valence-corrected chi connectivity index (χ2v) is 5.19. The molecule has 0 aromatic carbocycles. The molecule has 1 aliphatic heterocycles. The number of nitrogens with two attached hydrogens (primary N) is 1. The SMILES string of the molecule is CCCC(C#N)(CCC)C(=O)N1CCOCC1C(N)=O. The molecule has 1 aliphatic rings. The van der Waals surface area contributed by atoms with E-state index in [-0.39, 0.29) is 12.5 Å². The van der Waals surface area contributed by atoms with Gasteiger partial charge in [-0.05, 0) is 12.8 Å². The number of hydrogen-bond acceptors (Lipinski definition) is 4. The van der Waals surface area contributed by atoms with Crippen molar-refractivity contribution in [2.24, 2.45) is 11.1 Å². The summed E-state index contributed by atoms with van der Waals surface area (Å²) in [5, 5.41) is 9.52. The standard InChI is InChI=1S/C14H23N3O3/c1-3-5-14(10-15,6-4-2)13(19)17-7-8-20-9-11(17)12(16)18/h11H,3-9H2,1-2H3,(H2,16,18). The van der Waals surface area contributed by atoms with Crippen LogP contribution in [-0.4, -0.2) is 42.5 Å². The van der Waals surface area contributed by atoms with Crippen molar-refractivity contribution < 1.29 is 14.3 Å². The molecule has 2 amide bonds. The lowest BCUT2D eigenvalue weighted by Crippen LogP contribution is -2.58. The number of carbonyl (C=O) groups is 2. The zero-order chi connectivity index (χ0) is 15.2. The van der Waals surface area contributed by atoms with Crippen molar-refractivity contribution >= 4 is 11.8 Å². The van der Waals surface area contributed by atoms with Gasteiger partial charge >= 0.3 is 0 Å². The molecule has 2 N–H and O–H groups in total. The summed E-state index contributed by atoms with van der Waals surface area (Å²) in [5.74, 6) is -0.867. The minimum Gasteiger partial charge on any atom is -0.377 e. The molecule has 0 bridgehead atoms. The highest BCUT2D eigenvalue weighted by Crippen LogP contribution is 2.32. The first-order valence-corrected chi connectivity index (χ1v) is 7.11. The van der Waals surface area contributed by atoms with Crippen molar-refractivity contribution in [1.82, 2.24) is 4.90 Å². The lowest BCUT2D eigenvalue weighted by molar-refractivity contribution is -0.153. The van der Waals surface area contributed by atoms with Crippen molar-refractivity contribution in [2.45, 2.75) is 45.6 Å². The molecule has 1 heterocycles. The van der Waals surface area contributed by atoms with Gasteiger partial charge in [0.05, 0.1) is 19.3 Å². The van der Waals surface area contributed by atoms with E-state index in [9.17, 15) is 14.9 Å². The Bertz CT molecular complexity index is 397. The maximum absolute atomic E-state index is 12.8. The quantitative estimate of drug-likeness (QED) is 0.779. The fraction of sp³-hybridized carbons (Fsp3) is 0.786. The molecule has 1 fully saturated rings. The predicted molar refractivity (Wildman–Crippen MR) is 73.4 cm³/mol. The summed E-state index contributed by atoms with van der Waals surface area (Å²) in [6.45, 7) is 4.68. The van der Waals surface area contributed by atoms with E-state index in [1.807, 2.05) is 13.8 Å². The van der Waals surface area contributed by atoms with Crippen LogP contribution in [0, 0.1) is 16.7 Å². The predicted octanol–water partition coefficient (Wildman–Crippen LogP) is 0.809. The zero-order valence-electron chi connectivity index (χ0n) is 12.2. The van der Waals surface area contributed by atoms with Gasteiger partial charge in [0.2, 0.25) is 11.8 Å². The van der Waals surface area contributed by atoms with Crippen LogP contribution >= 0.6 is 0 Å². The largest absolute Gasteiger partial charge is 0.377 e. The highest BCUT2D eigenvalue weighted by Gasteiger charge is 2.44. The Morgan fingerprint density at radius 1 is 1.40 bits per heavy atom. The van der Waals surface area contributed by atoms with Crippen LogP contribution in [0.1, 0.15) is 39.5 Å². The number of morpholine rings is 1. The maximum Gasteiger partial charge on any atom is 0.243 e. The van der Waals surface area contributed by atoms with Gasteiger partial charge in [0.15, 0.2) is 0 Å². The number of ether oxygens (including phenoxy) is 1. The third-order valence-corrected chi connectivity index (χ3v) is 3.69. The molecular weight excluding hydrogens is 258 g/mol. The smallest absolute Gasteiger partial charge is 0.243 e. The van der Waals surface area contributed by atoms with Gasteiger partial charge < -0.3 is 15.4 Å².